The SMILES string of the molecule is CC(C)(F)c1nnc2ccc(-c3c(-c4ccc(F)cc4F)nc4n3CCC4)nn12.CC(C)(O)c1nnc2ccc(-c3c(-c4ccc(F)cc4F)nc4n3CCC4)nn12. The smallest absolute Gasteiger partial charge is 0.191 e. The Labute approximate surface area is 326 Å². The number of hydrogen-bond acceptors (Lipinski definition) is 9. The van der Waals surface area contributed by atoms with Crippen LogP contribution in [-0.2, 0) is 37.2 Å². The Kier molecular flexibility index (Phi) is 8.72. The highest BCUT2D eigenvalue weighted by Crippen LogP contribution is 2.38. The molecule has 0 fully saturated rings. The van der Waals surface area contributed by atoms with Crippen LogP contribution in [0, 0.1) is 23.3 Å². The number of aromatic nitrogens is 12. The van der Waals surface area contributed by atoms with E-state index in [1.807, 2.05) is 9.13 Å². The maximum atomic E-state index is 14.6. The van der Waals surface area contributed by atoms with Crippen molar-refractivity contribution >= 4 is 11.3 Å². The Morgan fingerprint density at radius 2 is 1.03 bits per heavy atom. The first kappa shape index (κ1) is 37.2. The van der Waals surface area contributed by atoms with Gasteiger partial charge in [-0.15, -0.1) is 20.4 Å². The fourth-order valence-corrected chi connectivity index (χ4v) is 7.49. The van der Waals surface area contributed by atoms with Gasteiger partial charge in [-0.2, -0.15) is 19.2 Å². The fourth-order valence-electron chi connectivity index (χ4n) is 7.49. The average molecular weight is 795 g/mol. The van der Waals surface area contributed by atoms with Crippen molar-refractivity contribution in [3.05, 3.63) is 107 Å². The molecule has 10 rings (SSSR count). The second-order valence-electron chi connectivity index (χ2n) is 15.3. The van der Waals surface area contributed by atoms with E-state index in [1.54, 1.807) is 38.1 Å². The molecule has 0 bridgehead atoms. The van der Waals surface area contributed by atoms with Crippen LogP contribution >= 0.6 is 0 Å². The zero-order chi connectivity index (χ0) is 40.7. The highest BCUT2D eigenvalue weighted by Gasteiger charge is 2.31. The van der Waals surface area contributed by atoms with Crippen molar-refractivity contribution in [3.63, 3.8) is 0 Å². The summed E-state index contributed by atoms with van der Waals surface area (Å²) in [6, 6.07) is 13.8. The Morgan fingerprint density at radius 3 is 1.47 bits per heavy atom. The molecule has 0 spiro atoms. The van der Waals surface area contributed by atoms with Crippen molar-refractivity contribution in [1.82, 2.24) is 58.7 Å². The Balaban J connectivity index is 0.000000150. The Bertz CT molecular complexity index is 2700. The summed E-state index contributed by atoms with van der Waals surface area (Å²) >= 11 is 0. The minimum absolute atomic E-state index is 0.0741. The summed E-state index contributed by atoms with van der Waals surface area (Å²) in [6.45, 7) is 7.42. The van der Waals surface area contributed by atoms with E-state index < -0.39 is 34.5 Å². The maximum Gasteiger partial charge on any atom is 0.191 e. The summed E-state index contributed by atoms with van der Waals surface area (Å²) in [5, 5.41) is 35.5. The molecular formula is C40H35F5N12O. The number of aryl methyl sites for hydroxylation is 2. The lowest BCUT2D eigenvalue weighted by Gasteiger charge is -2.14. The second-order valence-corrected chi connectivity index (χ2v) is 15.3. The van der Waals surface area contributed by atoms with Gasteiger partial charge in [0.2, 0.25) is 0 Å². The first-order chi connectivity index (χ1) is 27.7. The summed E-state index contributed by atoms with van der Waals surface area (Å²) in [6.07, 6.45) is 3.39. The van der Waals surface area contributed by atoms with Crippen molar-refractivity contribution < 1.29 is 27.1 Å². The number of fused-ring (bicyclic) bond motifs is 4. The van der Waals surface area contributed by atoms with E-state index in [-0.39, 0.29) is 17.0 Å². The Morgan fingerprint density at radius 1 is 0.586 bits per heavy atom. The Hall–Kier alpha value is -6.43. The predicted octanol–water partition coefficient (Wildman–Crippen LogP) is 7.19. The van der Waals surface area contributed by atoms with Crippen molar-refractivity contribution in [2.45, 2.75) is 77.7 Å². The average Bonchev–Trinajstić information content (AvgIpc) is 4.00. The van der Waals surface area contributed by atoms with Crippen LogP contribution in [0.4, 0.5) is 22.0 Å². The molecule has 0 unspecified atom stereocenters. The fraction of sp³-hybridized carbons (Fsp3) is 0.300. The van der Waals surface area contributed by atoms with Crippen LogP contribution in [0.1, 0.15) is 63.8 Å². The number of imidazole rings is 2. The van der Waals surface area contributed by atoms with Crippen LogP contribution in [0.15, 0.2) is 60.7 Å². The largest absolute Gasteiger partial charge is 0.382 e. The summed E-state index contributed by atoms with van der Waals surface area (Å²) in [7, 11) is 0. The third kappa shape index (κ3) is 6.36. The molecule has 296 valence electrons. The highest BCUT2D eigenvalue weighted by molar-refractivity contribution is 5.79. The van der Waals surface area contributed by atoms with Crippen molar-refractivity contribution in [3.8, 4) is 45.3 Å². The maximum absolute atomic E-state index is 14.6. The lowest BCUT2D eigenvalue weighted by atomic mass is 10.1. The number of aliphatic hydroxyl groups is 1. The number of halogens is 5. The minimum atomic E-state index is -1.74. The van der Waals surface area contributed by atoms with Crippen molar-refractivity contribution in [2.24, 2.45) is 0 Å². The van der Waals surface area contributed by atoms with Crippen molar-refractivity contribution in [2.75, 3.05) is 0 Å². The van der Waals surface area contributed by atoms with Gasteiger partial charge in [0.05, 0.1) is 11.4 Å². The molecule has 2 aliphatic rings. The third-order valence-electron chi connectivity index (χ3n) is 10.1. The molecule has 8 heterocycles. The first-order valence-electron chi connectivity index (χ1n) is 18.6. The van der Waals surface area contributed by atoms with Gasteiger partial charge in [0.1, 0.15) is 63.3 Å². The molecule has 8 aromatic rings. The van der Waals surface area contributed by atoms with E-state index in [0.29, 0.717) is 57.8 Å². The van der Waals surface area contributed by atoms with Crippen LogP contribution < -0.4 is 0 Å². The van der Waals surface area contributed by atoms with Gasteiger partial charge in [-0.3, -0.25) is 0 Å². The first-order valence-corrected chi connectivity index (χ1v) is 18.6. The van der Waals surface area contributed by atoms with Crippen LogP contribution in [0.2, 0.25) is 0 Å². The van der Waals surface area contributed by atoms with Crippen LogP contribution in [0.3, 0.4) is 0 Å². The lowest BCUT2D eigenvalue weighted by molar-refractivity contribution is 0.0665. The summed E-state index contributed by atoms with van der Waals surface area (Å²) in [4.78, 5) is 9.25. The van der Waals surface area contributed by atoms with E-state index in [0.717, 1.165) is 56.0 Å². The van der Waals surface area contributed by atoms with Gasteiger partial charge in [-0.05, 0) is 89.1 Å². The molecule has 1 N–H and O–H groups in total. The molecule has 0 atom stereocenters. The van der Waals surface area contributed by atoms with E-state index in [1.165, 1.54) is 47.1 Å². The van der Waals surface area contributed by atoms with Crippen molar-refractivity contribution in [1.29, 1.82) is 0 Å². The minimum Gasteiger partial charge on any atom is -0.382 e. The van der Waals surface area contributed by atoms with Gasteiger partial charge in [0, 0.05) is 49.2 Å². The van der Waals surface area contributed by atoms with Crippen LogP contribution in [0.25, 0.3) is 56.6 Å². The quantitative estimate of drug-likeness (QED) is 0.173. The van der Waals surface area contributed by atoms with Gasteiger partial charge in [0.15, 0.2) is 28.6 Å². The normalized spacial score (nSPS) is 14.0. The number of nitrogens with zero attached hydrogens (tertiary/aromatic N) is 12. The van der Waals surface area contributed by atoms with Gasteiger partial charge in [-0.1, -0.05) is 0 Å². The topological polar surface area (TPSA) is 142 Å². The summed E-state index contributed by atoms with van der Waals surface area (Å²) < 4.78 is 77.3. The second kappa shape index (κ2) is 13.6. The number of alkyl halides is 1. The van der Waals surface area contributed by atoms with Crippen LogP contribution in [-0.4, -0.2) is 63.8 Å². The molecule has 18 heteroatoms. The molecule has 0 amide bonds. The molecule has 2 aliphatic heterocycles. The highest BCUT2D eigenvalue weighted by atomic mass is 19.2. The zero-order valence-corrected chi connectivity index (χ0v) is 31.7. The molecule has 58 heavy (non-hydrogen) atoms. The molecule has 2 aromatic carbocycles. The van der Waals surface area contributed by atoms with Gasteiger partial charge < -0.3 is 14.2 Å². The molecule has 0 saturated carbocycles. The molecular weight excluding hydrogens is 760 g/mol. The third-order valence-corrected chi connectivity index (χ3v) is 10.1. The van der Waals surface area contributed by atoms with E-state index in [2.05, 4.69) is 40.6 Å². The number of hydrogen-bond donors (Lipinski definition) is 1. The number of rotatable bonds is 6. The van der Waals surface area contributed by atoms with Gasteiger partial charge in [-0.25, -0.2) is 31.9 Å². The standard InChI is InChI=1S/C20H17F3N6.C20H18F2N6O/c1-20(2,23)19-26-25-16-8-7-14(27-29(16)19)18-17(24-15-4-3-9-28(15)18)12-6-5-11(21)10-13(12)22;1-20(2,29)19-25-24-16-8-7-14(26-28(16)19)18-17(23-15-4-3-9-27(15)18)12-6-5-11(21)10-13(12)22/h5-8,10H,3-4,9H2,1-2H3;5-8,10,29H,3-4,9H2,1-2H3. The van der Waals surface area contributed by atoms with E-state index in [9.17, 15) is 27.1 Å². The predicted molar refractivity (Wildman–Crippen MR) is 201 cm³/mol. The summed E-state index contributed by atoms with van der Waals surface area (Å²) in [5.41, 5.74) is 1.43. The molecule has 0 aliphatic carbocycles. The van der Waals surface area contributed by atoms with E-state index >= 15 is 0 Å². The van der Waals surface area contributed by atoms with Gasteiger partial charge >= 0.3 is 0 Å². The van der Waals surface area contributed by atoms with Crippen LogP contribution in [0.5, 0.6) is 0 Å². The number of benzene rings is 2. The zero-order valence-electron chi connectivity index (χ0n) is 31.7. The van der Waals surface area contributed by atoms with E-state index in [4.69, 9.17) is 0 Å². The lowest BCUT2D eigenvalue weighted by Crippen LogP contribution is -2.20. The molecule has 0 saturated heterocycles. The summed E-state index contributed by atoms with van der Waals surface area (Å²) in [5.74, 6) is -0.640. The molecule has 0 radical (unpaired) electrons. The van der Waals surface area contributed by atoms with Gasteiger partial charge in [0.25, 0.3) is 0 Å². The monoisotopic (exact) mass is 794 g/mol. The molecule has 13 nitrogen and oxygen atoms in total. The molecule has 6 aromatic heterocycles.